The highest BCUT2D eigenvalue weighted by atomic mass is 16.5. The fraction of sp³-hybridized carbons (Fsp3) is 0.533. The SMILES string of the molecule is CCCC(C(=O)OCC)C(=O)c1ccncc1CC. The summed E-state index contributed by atoms with van der Waals surface area (Å²) in [6.07, 6.45) is 5.27. The average molecular weight is 263 g/mol. The zero-order chi connectivity index (χ0) is 14.3. The van der Waals surface area contributed by atoms with E-state index in [1.165, 1.54) is 0 Å². The molecule has 104 valence electrons. The topological polar surface area (TPSA) is 56.3 Å². The summed E-state index contributed by atoms with van der Waals surface area (Å²) in [5.74, 6) is -1.27. The van der Waals surface area contributed by atoms with Crippen molar-refractivity contribution in [1.82, 2.24) is 4.98 Å². The first-order chi connectivity index (χ1) is 9.15. The lowest BCUT2D eigenvalue weighted by Gasteiger charge is -2.15. The number of hydrogen-bond acceptors (Lipinski definition) is 4. The average Bonchev–Trinajstić information content (AvgIpc) is 2.44. The monoisotopic (exact) mass is 263 g/mol. The zero-order valence-electron chi connectivity index (χ0n) is 11.8. The Balaban J connectivity index is 3.02. The lowest BCUT2D eigenvalue weighted by Crippen LogP contribution is -2.27. The summed E-state index contributed by atoms with van der Waals surface area (Å²) in [5.41, 5.74) is 1.46. The number of aryl methyl sites for hydroxylation is 1. The molecule has 1 rings (SSSR count). The van der Waals surface area contributed by atoms with Crippen LogP contribution < -0.4 is 0 Å². The minimum absolute atomic E-state index is 0.153. The molecule has 1 atom stereocenters. The number of carbonyl (C=O) groups is 2. The molecule has 4 nitrogen and oxygen atoms in total. The smallest absolute Gasteiger partial charge is 0.316 e. The summed E-state index contributed by atoms with van der Waals surface area (Å²) in [6.45, 7) is 5.96. The highest BCUT2D eigenvalue weighted by Gasteiger charge is 2.29. The molecule has 0 aromatic carbocycles. The molecule has 4 heteroatoms. The maximum atomic E-state index is 12.5. The van der Waals surface area contributed by atoms with Crippen LogP contribution in [0.25, 0.3) is 0 Å². The van der Waals surface area contributed by atoms with E-state index in [-0.39, 0.29) is 5.78 Å². The maximum absolute atomic E-state index is 12.5. The Kier molecular flexibility index (Phi) is 6.19. The molecule has 0 spiro atoms. The summed E-state index contributed by atoms with van der Waals surface area (Å²) in [6, 6.07) is 1.68. The Morgan fingerprint density at radius 3 is 2.63 bits per heavy atom. The molecule has 0 aliphatic heterocycles. The number of carbonyl (C=O) groups excluding carboxylic acids is 2. The van der Waals surface area contributed by atoms with Crippen LogP contribution in [0.1, 0.15) is 49.5 Å². The van der Waals surface area contributed by atoms with Crippen LogP contribution in [0.3, 0.4) is 0 Å². The van der Waals surface area contributed by atoms with Gasteiger partial charge in [0.15, 0.2) is 5.78 Å². The first-order valence-corrected chi connectivity index (χ1v) is 6.79. The van der Waals surface area contributed by atoms with E-state index >= 15 is 0 Å². The maximum Gasteiger partial charge on any atom is 0.316 e. The number of esters is 1. The molecule has 0 saturated heterocycles. The molecule has 0 amide bonds. The second-order valence-corrected chi connectivity index (χ2v) is 4.34. The van der Waals surface area contributed by atoms with Crippen molar-refractivity contribution in [2.75, 3.05) is 6.61 Å². The van der Waals surface area contributed by atoms with Crippen LogP contribution >= 0.6 is 0 Å². The van der Waals surface area contributed by atoms with Crippen molar-refractivity contribution in [2.24, 2.45) is 5.92 Å². The summed E-state index contributed by atoms with van der Waals surface area (Å²) in [5, 5.41) is 0. The highest BCUT2D eigenvalue weighted by Crippen LogP contribution is 2.19. The van der Waals surface area contributed by atoms with Gasteiger partial charge in [-0.3, -0.25) is 14.6 Å². The first-order valence-electron chi connectivity index (χ1n) is 6.79. The van der Waals surface area contributed by atoms with Crippen molar-refractivity contribution in [3.63, 3.8) is 0 Å². The molecule has 19 heavy (non-hydrogen) atoms. The Morgan fingerprint density at radius 2 is 2.05 bits per heavy atom. The fourth-order valence-corrected chi connectivity index (χ4v) is 2.02. The van der Waals surface area contributed by atoms with Crippen LogP contribution in [0.15, 0.2) is 18.5 Å². The van der Waals surface area contributed by atoms with E-state index in [1.54, 1.807) is 25.4 Å². The van der Waals surface area contributed by atoms with E-state index in [2.05, 4.69) is 4.98 Å². The Labute approximate surface area is 114 Å². The second kappa shape index (κ2) is 7.67. The number of ether oxygens (including phenoxy) is 1. The predicted octanol–water partition coefficient (Wildman–Crippen LogP) is 2.81. The van der Waals surface area contributed by atoms with E-state index in [9.17, 15) is 9.59 Å². The van der Waals surface area contributed by atoms with Gasteiger partial charge in [0.25, 0.3) is 0 Å². The fourth-order valence-electron chi connectivity index (χ4n) is 2.02. The molecular weight excluding hydrogens is 242 g/mol. The number of Topliss-reactive ketones (excluding diaryl/α,β-unsaturated/α-hetero) is 1. The quantitative estimate of drug-likeness (QED) is 0.431. The first kappa shape index (κ1) is 15.3. The van der Waals surface area contributed by atoms with Gasteiger partial charge in [-0.15, -0.1) is 0 Å². The van der Waals surface area contributed by atoms with E-state index in [1.807, 2.05) is 13.8 Å². The van der Waals surface area contributed by atoms with Crippen molar-refractivity contribution in [1.29, 1.82) is 0 Å². The predicted molar refractivity (Wildman–Crippen MR) is 73.0 cm³/mol. The van der Waals surface area contributed by atoms with E-state index in [0.717, 1.165) is 18.4 Å². The summed E-state index contributed by atoms with van der Waals surface area (Å²) in [4.78, 5) is 28.4. The Morgan fingerprint density at radius 1 is 1.32 bits per heavy atom. The summed E-state index contributed by atoms with van der Waals surface area (Å²) < 4.78 is 5.00. The number of pyridine rings is 1. The molecule has 1 unspecified atom stereocenters. The molecule has 0 bridgehead atoms. The van der Waals surface area contributed by atoms with Gasteiger partial charge in [-0.1, -0.05) is 20.3 Å². The van der Waals surface area contributed by atoms with Crippen molar-refractivity contribution in [3.8, 4) is 0 Å². The van der Waals surface area contributed by atoms with Gasteiger partial charge in [0, 0.05) is 18.0 Å². The molecular formula is C15H21NO3. The number of nitrogens with zero attached hydrogens (tertiary/aromatic N) is 1. The number of hydrogen-bond donors (Lipinski definition) is 0. The Hall–Kier alpha value is -1.71. The largest absolute Gasteiger partial charge is 0.465 e. The molecule has 0 radical (unpaired) electrons. The van der Waals surface area contributed by atoms with Crippen LogP contribution in [0, 0.1) is 5.92 Å². The molecule has 0 aliphatic rings. The minimum Gasteiger partial charge on any atom is -0.465 e. The normalized spacial score (nSPS) is 11.9. The van der Waals surface area contributed by atoms with Crippen molar-refractivity contribution in [3.05, 3.63) is 29.6 Å². The molecule has 0 saturated carbocycles. The Bertz CT molecular complexity index is 443. The van der Waals surface area contributed by atoms with Crippen molar-refractivity contribution < 1.29 is 14.3 Å². The van der Waals surface area contributed by atoms with Gasteiger partial charge in [0.05, 0.1) is 6.61 Å². The van der Waals surface area contributed by atoms with Crippen LogP contribution in [0.2, 0.25) is 0 Å². The third-order valence-electron chi connectivity index (χ3n) is 3.01. The standard InChI is InChI=1S/C15H21NO3/c1-4-7-13(15(18)19-6-3)14(17)12-8-9-16-10-11(12)5-2/h8-10,13H,4-7H2,1-3H3. The van der Waals surface area contributed by atoms with E-state index < -0.39 is 11.9 Å². The lowest BCUT2D eigenvalue weighted by atomic mass is 9.91. The van der Waals surface area contributed by atoms with E-state index in [4.69, 9.17) is 4.74 Å². The molecule has 0 N–H and O–H groups in total. The molecule has 1 heterocycles. The molecule has 1 aromatic rings. The molecule has 0 fully saturated rings. The lowest BCUT2D eigenvalue weighted by molar-refractivity contribution is -0.146. The van der Waals surface area contributed by atoms with Gasteiger partial charge >= 0.3 is 5.97 Å². The van der Waals surface area contributed by atoms with Crippen LogP contribution in [0.4, 0.5) is 0 Å². The van der Waals surface area contributed by atoms with Crippen molar-refractivity contribution in [2.45, 2.75) is 40.0 Å². The zero-order valence-corrected chi connectivity index (χ0v) is 11.8. The van der Waals surface area contributed by atoms with Gasteiger partial charge in [-0.05, 0) is 31.4 Å². The molecule has 0 aliphatic carbocycles. The van der Waals surface area contributed by atoms with Crippen molar-refractivity contribution >= 4 is 11.8 Å². The van der Waals surface area contributed by atoms with Gasteiger partial charge in [-0.25, -0.2) is 0 Å². The van der Waals surface area contributed by atoms with Gasteiger partial charge in [-0.2, -0.15) is 0 Å². The number of rotatable bonds is 7. The summed E-state index contributed by atoms with van der Waals surface area (Å²) in [7, 11) is 0. The molecule has 1 aromatic heterocycles. The van der Waals surface area contributed by atoms with Crippen LogP contribution in [-0.2, 0) is 16.0 Å². The van der Waals surface area contributed by atoms with E-state index in [0.29, 0.717) is 18.6 Å². The minimum atomic E-state index is -0.697. The number of ketones is 1. The van der Waals surface area contributed by atoms with Crippen LogP contribution in [-0.4, -0.2) is 23.3 Å². The van der Waals surface area contributed by atoms with Gasteiger partial charge < -0.3 is 4.74 Å². The van der Waals surface area contributed by atoms with Crippen LogP contribution in [0.5, 0.6) is 0 Å². The highest BCUT2D eigenvalue weighted by molar-refractivity contribution is 6.09. The summed E-state index contributed by atoms with van der Waals surface area (Å²) >= 11 is 0. The third kappa shape index (κ3) is 3.88. The second-order valence-electron chi connectivity index (χ2n) is 4.34. The third-order valence-corrected chi connectivity index (χ3v) is 3.01. The van der Waals surface area contributed by atoms with Gasteiger partial charge in [0.2, 0.25) is 0 Å². The van der Waals surface area contributed by atoms with Gasteiger partial charge in [0.1, 0.15) is 5.92 Å². The number of aromatic nitrogens is 1.